The number of thiophene rings is 1. The molecule has 1 aromatic heterocycles. The van der Waals surface area contributed by atoms with Gasteiger partial charge in [-0.3, -0.25) is 0 Å². The molecule has 1 aromatic carbocycles. The molecule has 1 nitrogen and oxygen atoms in total. The molecule has 2 rings (SSSR count). The third-order valence-corrected chi connectivity index (χ3v) is 3.86. The van der Waals surface area contributed by atoms with Crippen LogP contribution in [0.15, 0.2) is 35.7 Å². The van der Waals surface area contributed by atoms with E-state index in [0.717, 1.165) is 0 Å². The van der Waals surface area contributed by atoms with Crippen LogP contribution in [-0.2, 0) is 0 Å². The predicted octanol–water partition coefficient (Wildman–Crippen LogP) is 4.00. The quantitative estimate of drug-likeness (QED) is 0.841. The zero-order valence-corrected chi connectivity index (χ0v) is 10.8. The van der Waals surface area contributed by atoms with Crippen molar-refractivity contribution in [3.63, 3.8) is 0 Å². The highest BCUT2D eigenvalue weighted by Crippen LogP contribution is 2.28. The van der Waals surface area contributed by atoms with Crippen LogP contribution in [0.3, 0.4) is 0 Å². The molecule has 2 aromatic rings. The smallest absolute Gasteiger partial charge is 0.0289 e. The summed E-state index contributed by atoms with van der Waals surface area (Å²) in [4.78, 5) is 1.38. The molecule has 0 fully saturated rings. The van der Waals surface area contributed by atoms with Crippen LogP contribution in [0, 0.1) is 6.92 Å². The van der Waals surface area contributed by atoms with Crippen LogP contribution in [0.4, 0.5) is 0 Å². The maximum atomic E-state index is 3.25. The Morgan fingerprint density at radius 2 is 1.81 bits per heavy atom. The first-order valence-corrected chi connectivity index (χ1v) is 6.42. The van der Waals surface area contributed by atoms with Gasteiger partial charge in [0.15, 0.2) is 0 Å². The summed E-state index contributed by atoms with van der Waals surface area (Å²) in [5.41, 5.74) is 4.00. The lowest BCUT2D eigenvalue weighted by Crippen LogP contribution is -2.11. The molecule has 1 unspecified atom stereocenters. The molecular weight excluding hydrogens is 214 g/mol. The first kappa shape index (κ1) is 11.4. The molecular formula is C14H17NS. The van der Waals surface area contributed by atoms with Crippen LogP contribution >= 0.6 is 11.3 Å². The van der Waals surface area contributed by atoms with Crippen LogP contribution < -0.4 is 5.32 Å². The molecule has 0 saturated carbocycles. The van der Waals surface area contributed by atoms with E-state index in [1.807, 2.05) is 7.05 Å². The van der Waals surface area contributed by atoms with E-state index in [1.165, 1.54) is 21.6 Å². The van der Waals surface area contributed by atoms with Gasteiger partial charge in [-0.15, -0.1) is 11.3 Å². The van der Waals surface area contributed by atoms with E-state index in [1.54, 1.807) is 11.3 Å². The molecule has 0 bridgehead atoms. The predicted molar refractivity (Wildman–Crippen MR) is 72.0 cm³/mol. The maximum absolute atomic E-state index is 3.25. The molecule has 84 valence electrons. The Balaban J connectivity index is 2.30. The van der Waals surface area contributed by atoms with Crippen molar-refractivity contribution in [2.75, 3.05) is 7.05 Å². The van der Waals surface area contributed by atoms with E-state index >= 15 is 0 Å². The second-order valence-electron chi connectivity index (χ2n) is 4.02. The third-order valence-electron chi connectivity index (χ3n) is 3.01. The Morgan fingerprint density at radius 3 is 2.31 bits per heavy atom. The van der Waals surface area contributed by atoms with Crippen molar-refractivity contribution in [1.82, 2.24) is 5.32 Å². The maximum Gasteiger partial charge on any atom is 0.0289 e. The Hall–Kier alpha value is -1.12. The first-order chi connectivity index (χ1) is 7.72. The van der Waals surface area contributed by atoms with Crippen molar-refractivity contribution in [1.29, 1.82) is 0 Å². The lowest BCUT2D eigenvalue weighted by atomic mass is 10.0. The number of aryl methyl sites for hydroxylation is 1. The zero-order chi connectivity index (χ0) is 11.5. The fraction of sp³-hybridized carbons (Fsp3) is 0.286. The molecule has 0 spiro atoms. The van der Waals surface area contributed by atoms with E-state index in [4.69, 9.17) is 0 Å². The molecule has 0 aliphatic carbocycles. The first-order valence-electron chi connectivity index (χ1n) is 5.54. The molecule has 0 amide bonds. The standard InChI is InChI=1S/C14H17NS/c1-10(15-3)12-4-6-13(7-5-12)14-8-9-16-11(14)2/h4-10,15H,1-3H3. The zero-order valence-electron chi connectivity index (χ0n) is 9.95. The van der Waals surface area contributed by atoms with Gasteiger partial charge >= 0.3 is 0 Å². The molecule has 0 aliphatic rings. The molecule has 1 heterocycles. The normalized spacial score (nSPS) is 12.7. The van der Waals surface area contributed by atoms with Crippen LogP contribution in [-0.4, -0.2) is 7.05 Å². The molecule has 0 saturated heterocycles. The highest BCUT2D eigenvalue weighted by Gasteiger charge is 2.05. The Morgan fingerprint density at radius 1 is 1.12 bits per heavy atom. The fourth-order valence-corrected chi connectivity index (χ4v) is 2.52. The monoisotopic (exact) mass is 231 g/mol. The van der Waals surface area contributed by atoms with Gasteiger partial charge in [-0.1, -0.05) is 24.3 Å². The Bertz CT molecular complexity index is 456. The van der Waals surface area contributed by atoms with Gasteiger partial charge in [0.2, 0.25) is 0 Å². The molecule has 16 heavy (non-hydrogen) atoms. The molecule has 0 radical (unpaired) electrons. The van der Waals surface area contributed by atoms with Gasteiger partial charge in [0.25, 0.3) is 0 Å². The Labute approximate surface area is 101 Å². The minimum Gasteiger partial charge on any atom is -0.313 e. The highest BCUT2D eigenvalue weighted by atomic mass is 32.1. The summed E-state index contributed by atoms with van der Waals surface area (Å²) in [5.74, 6) is 0. The Kier molecular flexibility index (Phi) is 3.42. The van der Waals surface area contributed by atoms with Crippen molar-refractivity contribution >= 4 is 11.3 Å². The number of hydrogen-bond acceptors (Lipinski definition) is 2. The van der Waals surface area contributed by atoms with E-state index in [-0.39, 0.29) is 0 Å². The number of benzene rings is 1. The lowest BCUT2D eigenvalue weighted by Gasteiger charge is -2.11. The number of hydrogen-bond donors (Lipinski definition) is 1. The summed E-state index contributed by atoms with van der Waals surface area (Å²) in [7, 11) is 1.99. The summed E-state index contributed by atoms with van der Waals surface area (Å²) < 4.78 is 0. The van der Waals surface area contributed by atoms with Crippen molar-refractivity contribution in [2.24, 2.45) is 0 Å². The molecule has 1 N–H and O–H groups in total. The summed E-state index contributed by atoms with van der Waals surface area (Å²) in [6, 6.07) is 11.4. The minimum atomic E-state index is 0.414. The summed E-state index contributed by atoms with van der Waals surface area (Å²) in [5, 5.41) is 5.40. The van der Waals surface area contributed by atoms with Crippen molar-refractivity contribution < 1.29 is 0 Å². The number of nitrogens with one attached hydrogen (secondary N) is 1. The average Bonchev–Trinajstić information content (AvgIpc) is 2.75. The van der Waals surface area contributed by atoms with E-state index in [0.29, 0.717) is 6.04 Å². The summed E-state index contributed by atoms with van der Waals surface area (Å²) in [6.45, 7) is 4.34. The van der Waals surface area contributed by atoms with Crippen LogP contribution in [0.25, 0.3) is 11.1 Å². The fourth-order valence-electron chi connectivity index (χ4n) is 1.80. The van der Waals surface area contributed by atoms with Crippen LogP contribution in [0.2, 0.25) is 0 Å². The number of rotatable bonds is 3. The van der Waals surface area contributed by atoms with E-state index in [9.17, 15) is 0 Å². The SMILES string of the molecule is CNC(C)c1ccc(-c2ccsc2C)cc1. The van der Waals surface area contributed by atoms with E-state index < -0.39 is 0 Å². The van der Waals surface area contributed by atoms with Crippen LogP contribution in [0.1, 0.15) is 23.4 Å². The minimum absolute atomic E-state index is 0.414. The largest absolute Gasteiger partial charge is 0.313 e. The van der Waals surface area contributed by atoms with Gasteiger partial charge in [-0.05, 0) is 49.0 Å². The van der Waals surface area contributed by atoms with Crippen LogP contribution in [0.5, 0.6) is 0 Å². The summed E-state index contributed by atoms with van der Waals surface area (Å²) >= 11 is 1.80. The average molecular weight is 231 g/mol. The third kappa shape index (κ3) is 2.18. The molecule has 1 atom stereocenters. The highest BCUT2D eigenvalue weighted by molar-refractivity contribution is 7.10. The molecule has 2 heteroatoms. The lowest BCUT2D eigenvalue weighted by molar-refractivity contribution is 0.652. The van der Waals surface area contributed by atoms with Gasteiger partial charge in [-0.25, -0.2) is 0 Å². The second kappa shape index (κ2) is 4.81. The van der Waals surface area contributed by atoms with Gasteiger partial charge in [0.05, 0.1) is 0 Å². The van der Waals surface area contributed by atoms with Crippen molar-refractivity contribution in [3.8, 4) is 11.1 Å². The topological polar surface area (TPSA) is 12.0 Å². The van der Waals surface area contributed by atoms with Gasteiger partial charge in [0.1, 0.15) is 0 Å². The summed E-state index contributed by atoms with van der Waals surface area (Å²) in [6.07, 6.45) is 0. The van der Waals surface area contributed by atoms with Gasteiger partial charge < -0.3 is 5.32 Å². The van der Waals surface area contributed by atoms with Gasteiger partial charge in [-0.2, -0.15) is 0 Å². The van der Waals surface area contributed by atoms with Gasteiger partial charge in [0, 0.05) is 10.9 Å². The molecule has 0 aliphatic heterocycles. The van der Waals surface area contributed by atoms with E-state index in [2.05, 4.69) is 54.9 Å². The van der Waals surface area contributed by atoms with Crippen molar-refractivity contribution in [3.05, 3.63) is 46.2 Å². The second-order valence-corrected chi connectivity index (χ2v) is 5.14. The van der Waals surface area contributed by atoms with Crippen molar-refractivity contribution in [2.45, 2.75) is 19.9 Å².